The lowest BCUT2D eigenvalue weighted by Gasteiger charge is -2.43. The molecule has 21 heavy (non-hydrogen) atoms. The molecule has 2 aliphatic rings. The first-order valence-electron chi connectivity index (χ1n) is 6.69. The summed E-state index contributed by atoms with van der Waals surface area (Å²) in [7, 11) is 0. The SMILES string of the molecule is CC1=C(C(=O)OCOC(=O)C(C)(C)C)N2C(=O)C[C@H]2SC1. The van der Waals surface area contributed by atoms with Crippen LogP contribution in [0.25, 0.3) is 0 Å². The highest BCUT2D eigenvalue weighted by atomic mass is 32.2. The topological polar surface area (TPSA) is 72.9 Å². The van der Waals surface area contributed by atoms with Crippen molar-refractivity contribution in [2.24, 2.45) is 5.41 Å². The minimum Gasteiger partial charge on any atom is -0.427 e. The van der Waals surface area contributed by atoms with Crippen LogP contribution in [0, 0.1) is 5.41 Å². The van der Waals surface area contributed by atoms with E-state index in [2.05, 4.69) is 0 Å². The second-order valence-corrected chi connectivity index (χ2v) is 7.26. The summed E-state index contributed by atoms with van der Waals surface area (Å²) in [4.78, 5) is 36.8. The molecule has 0 saturated carbocycles. The summed E-state index contributed by atoms with van der Waals surface area (Å²) in [6, 6.07) is 0. The second kappa shape index (κ2) is 5.71. The van der Waals surface area contributed by atoms with Gasteiger partial charge in [0.05, 0.1) is 17.2 Å². The third kappa shape index (κ3) is 3.23. The summed E-state index contributed by atoms with van der Waals surface area (Å²) in [5, 5.41) is 0.0286. The summed E-state index contributed by atoms with van der Waals surface area (Å²) >= 11 is 1.63. The molecule has 0 spiro atoms. The predicted molar refractivity (Wildman–Crippen MR) is 76.9 cm³/mol. The highest BCUT2D eigenvalue weighted by molar-refractivity contribution is 8.00. The first kappa shape index (κ1) is 15.9. The predicted octanol–water partition coefficient (Wildman–Crippen LogP) is 1.66. The molecule has 0 N–H and O–H groups in total. The molecule has 2 aliphatic heterocycles. The second-order valence-electron chi connectivity index (χ2n) is 6.09. The van der Waals surface area contributed by atoms with E-state index in [1.807, 2.05) is 0 Å². The molecule has 0 aromatic carbocycles. The van der Waals surface area contributed by atoms with Gasteiger partial charge in [-0.25, -0.2) is 4.79 Å². The minimum absolute atomic E-state index is 0.0286. The molecule has 6 nitrogen and oxygen atoms in total. The van der Waals surface area contributed by atoms with Crippen LogP contribution in [0.2, 0.25) is 0 Å². The lowest BCUT2D eigenvalue weighted by atomic mass is 9.98. The lowest BCUT2D eigenvalue weighted by molar-refractivity contribution is -0.173. The zero-order valence-corrected chi connectivity index (χ0v) is 13.4. The molecule has 1 amide bonds. The molecule has 116 valence electrons. The molecule has 7 heteroatoms. The van der Waals surface area contributed by atoms with E-state index < -0.39 is 24.1 Å². The van der Waals surface area contributed by atoms with Crippen LogP contribution < -0.4 is 0 Å². The number of ether oxygens (including phenoxy) is 2. The van der Waals surface area contributed by atoms with E-state index >= 15 is 0 Å². The quantitative estimate of drug-likeness (QED) is 0.448. The van der Waals surface area contributed by atoms with E-state index in [4.69, 9.17) is 9.47 Å². The maximum atomic E-state index is 12.1. The van der Waals surface area contributed by atoms with Gasteiger partial charge in [0.15, 0.2) is 0 Å². The maximum Gasteiger partial charge on any atom is 0.357 e. The summed E-state index contributed by atoms with van der Waals surface area (Å²) < 4.78 is 9.87. The largest absolute Gasteiger partial charge is 0.427 e. The van der Waals surface area contributed by atoms with Crippen LogP contribution in [0.1, 0.15) is 34.1 Å². The highest BCUT2D eigenvalue weighted by Gasteiger charge is 2.45. The van der Waals surface area contributed by atoms with E-state index in [-0.39, 0.29) is 11.3 Å². The summed E-state index contributed by atoms with van der Waals surface area (Å²) in [6.45, 7) is 6.50. The van der Waals surface area contributed by atoms with Crippen molar-refractivity contribution >= 4 is 29.6 Å². The van der Waals surface area contributed by atoms with E-state index in [0.717, 1.165) is 5.57 Å². The number of β-lactam (4-membered cyclic amide) rings is 1. The van der Waals surface area contributed by atoms with Gasteiger partial charge in [-0.05, 0) is 33.3 Å². The molecule has 2 rings (SSSR count). The van der Waals surface area contributed by atoms with Gasteiger partial charge in [0.2, 0.25) is 12.7 Å². The Balaban J connectivity index is 1.94. The molecule has 0 aromatic rings. The Kier molecular flexibility index (Phi) is 4.32. The van der Waals surface area contributed by atoms with Crippen molar-refractivity contribution in [2.45, 2.75) is 39.5 Å². The standard InChI is InChI=1S/C14H19NO5S/c1-8-6-21-10-5-9(16)15(10)11(8)12(17)19-7-20-13(18)14(2,3)4/h10H,5-7H2,1-4H3/t10-/m1/s1. The van der Waals surface area contributed by atoms with Gasteiger partial charge in [-0.15, -0.1) is 11.8 Å². The fourth-order valence-electron chi connectivity index (χ4n) is 1.98. The molecular formula is C14H19NO5S. The number of carbonyl (C=O) groups excluding carboxylic acids is 3. The molecule has 1 saturated heterocycles. The van der Waals surface area contributed by atoms with Crippen molar-refractivity contribution in [3.05, 3.63) is 11.3 Å². The monoisotopic (exact) mass is 313 g/mol. The third-order valence-electron chi connectivity index (χ3n) is 3.23. The fourth-order valence-corrected chi connectivity index (χ4v) is 3.19. The molecular weight excluding hydrogens is 294 g/mol. The summed E-state index contributed by atoms with van der Waals surface area (Å²) in [5.41, 5.74) is 0.444. The first-order chi connectivity index (χ1) is 9.71. The average Bonchev–Trinajstić information content (AvgIpc) is 2.37. The van der Waals surface area contributed by atoms with Gasteiger partial charge < -0.3 is 9.47 Å². The van der Waals surface area contributed by atoms with Gasteiger partial charge in [0.25, 0.3) is 0 Å². The van der Waals surface area contributed by atoms with Crippen LogP contribution in [0.3, 0.4) is 0 Å². The first-order valence-corrected chi connectivity index (χ1v) is 7.74. The fraction of sp³-hybridized carbons (Fsp3) is 0.643. The third-order valence-corrected chi connectivity index (χ3v) is 4.59. The van der Waals surface area contributed by atoms with Crippen molar-refractivity contribution < 1.29 is 23.9 Å². The Hall–Kier alpha value is -1.50. The normalized spacial score (nSPS) is 21.6. The number of amides is 1. The van der Waals surface area contributed by atoms with Crippen molar-refractivity contribution in [3.63, 3.8) is 0 Å². The Labute approximate surface area is 127 Å². The molecule has 0 radical (unpaired) electrons. The lowest BCUT2D eigenvalue weighted by Crippen LogP contribution is -2.54. The van der Waals surface area contributed by atoms with Crippen LogP contribution in [-0.2, 0) is 23.9 Å². The molecule has 0 aromatic heterocycles. The number of hydrogen-bond donors (Lipinski definition) is 0. The van der Waals surface area contributed by atoms with E-state index in [9.17, 15) is 14.4 Å². The van der Waals surface area contributed by atoms with E-state index in [0.29, 0.717) is 17.9 Å². The van der Waals surface area contributed by atoms with Gasteiger partial charge in [-0.3, -0.25) is 14.5 Å². The highest BCUT2D eigenvalue weighted by Crippen LogP contribution is 2.39. The van der Waals surface area contributed by atoms with Gasteiger partial charge in [0, 0.05) is 5.75 Å². The Morgan fingerprint density at radius 1 is 1.33 bits per heavy atom. The van der Waals surface area contributed by atoms with Crippen LogP contribution in [0.15, 0.2) is 11.3 Å². The minimum atomic E-state index is -0.651. The van der Waals surface area contributed by atoms with Gasteiger partial charge in [-0.2, -0.15) is 0 Å². The summed E-state index contributed by atoms with van der Waals surface area (Å²) in [5.74, 6) is -0.448. The van der Waals surface area contributed by atoms with Gasteiger partial charge in [0.1, 0.15) is 5.70 Å². The smallest absolute Gasteiger partial charge is 0.357 e. The van der Waals surface area contributed by atoms with Crippen molar-refractivity contribution in [1.82, 2.24) is 4.90 Å². The number of carbonyl (C=O) groups is 3. The molecule has 2 heterocycles. The van der Waals surface area contributed by atoms with Gasteiger partial charge in [-0.1, -0.05) is 0 Å². The zero-order chi connectivity index (χ0) is 15.8. The molecule has 1 atom stereocenters. The molecule has 0 unspecified atom stereocenters. The van der Waals surface area contributed by atoms with Crippen LogP contribution in [0.5, 0.6) is 0 Å². The van der Waals surface area contributed by atoms with Crippen LogP contribution in [0.4, 0.5) is 0 Å². The summed E-state index contributed by atoms with van der Waals surface area (Å²) in [6.07, 6.45) is 0.452. The molecule has 0 aliphatic carbocycles. The Morgan fingerprint density at radius 2 is 2.00 bits per heavy atom. The average molecular weight is 313 g/mol. The number of hydrogen-bond acceptors (Lipinski definition) is 6. The Morgan fingerprint density at radius 3 is 2.57 bits per heavy atom. The Bertz CT molecular complexity index is 520. The van der Waals surface area contributed by atoms with Crippen LogP contribution in [-0.4, -0.2) is 40.7 Å². The van der Waals surface area contributed by atoms with E-state index in [1.165, 1.54) is 4.90 Å². The number of fused-ring (bicyclic) bond motifs is 1. The number of esters is 2. The number of rotatable bonds is 3. The maximum absolute atomic E-state index is 12.1. The zero-order valence-electron chi connectivity index (χ0n) is 12.6. The van der Waals surface area contributed by atoms with Gasteiger partial charge >= 0.3 is 11.9 Å². The van der Waals surface area contributed by atoms with E-state index in [1.54, 1.807) is 39.5 Å². The number of nitrogens with zero attached hydrogens (tertiary/aromatic N) is 1. The van der Waals surface area contributed by atoms with Crippen molar-refractivity contribution in [3.8, 4) is 0 Å². The van der Waals surface area contributed by atoms with Crippen molar-refractivity contribution in [1.29, 1.82) is 0 Å². The van der Waals surface area contributed by atoms with Crippen molar-refractivity contribution in [2.75, 3.05) is 12.5 Å². The van der Waals surface area contributed by atoms with Crippen LogP contribution >= 0.6 is 11.8 Å². The number of thioether (sulfide) groups is 1. The molecule has 0 bridgehead atoms. The molecule has 1 fully saturated rings.